The van der Waals surface area contributed by atoms with Crippen LogP contribution in [0.2, 0.25) is 5.02 Å². The summed E-state index contributed by atoms with van der Waals surface area (Å²) in [6.07, 6.45) is 3.32. The summed E-state index contributed by atoms with van der Waals surface area (Å²) in [4.78, 5) is 15.2. The minimum Gasteiger partial charge on any atom is -0.489 e. The first-order chi connectivity index (χ1) is 14.5. The monoisotopic (exact) mass is 440 g/mol. The molecule has 2 aliphatic heterocycles. The molecule has 2 aliphatic rings. The summed E-state index contributed by atoms with van der Waals surface area (Å²) in [5, 5.41) is 16.9. The molecule has 168 valence electrons. The maximum atomic E-state index is 12.9. The zero-order valence-corrected chi connectivity index (χ0v) is 18.3. The molecular weight excluding hydrogens is 408 g/mol. The van der Waals surface area contributed by atoms with E-state index in [2.05, 4.69) is 15.5 Å². The van der Waals surface area contributed by atoms with Crippen LogP contribution in [0.5, 0.6) is 11.5 Å². The highest BCUT2D eigenvalue weighted by Gasteiger charge is 2.29. The number of ether oxygens (including phenoxy) is 2. The number of anilines is 1. The number of likely N-dealkylation sites (tertiary alicyclic amines) is 1. The lowest BCUT2D eigenvalue weighted by Gasteiger charge is -2.36. The van der Waals surface area contributed by atoms with E-state index in [0.717, 1.165) is 38.9 Å². The quantitative estimate of drug-likeness (QED) is 0.358. The van der Waals surface area contributed by atoms with E-state index in [1.54, 1.807) is 0 Å². The number of carbonyl (C=O) groups excluding carboxylic acids is 1. The Bertz CT molecular complexity index is 733. The normalized spacial score (nSPS) is 21.8. The van der Waals surface area contributed by atoms with Crippen LogP contribution in [0.25, 0.3) is 0 Å². The van der Waals surface area contributed by atoms with Crippen molar-refractivity contribution in [1.82, 2.24) is 15.5 Å². The molecule has 1 amide bonds. The van der Waals surface area contributed by atoms with Crippen molar-refractivity contribution in [3.63, 3.8) is 0 Å². The number of nitrogens with two attached hydrogens (primary N) is 1. The zero-order chi connectivity index (χ0) is 21.5. The van der Waals surface area contributed by atoms with Crippen molar-refractivity contribution < 1.29 is 19.4 Å². The first-order valence-electron chi connectivity index (χ1n) is 10.7. The van der Waals surface area contributed by atoms with Crippen molar-refractivity contribution in [1.29, 1.82) is 0 Å². The third-order valence-corrected chi connectivity index (χ3v) is 6.10. The molecule has 1 aromatic carbocycles. The van der Waals surface area contributed by atoms with Crippen LogP contribution in [0.15, 0.2) is 6.07 Å². The SMILES string of the molecule is CNCCCCN1CC[C@@H](CNC(=O)c2cc(N)c(Cl)c3c2OCCCO3)[C@H](O)C1. The third-order valence-electron chi connectivity index (χ3n) is 5.71. The number of hydrogen-bond donors (Lipinski definition) is 4. The standard InChI is InChI=1S/C21H33ClN4O4/c1-24-6-2-3-7-26-8-5-14(17(27)13-26)12-25-21(28)15-11-16(23)18(22)20-19(15)29-9-4-10-30-20/h11,14,17,24,27H,2-10,12-13,23H2,1H3,(H,25,28)/t14-,17+/m0/s1. The van der Waals surface area contributed by atoms with Crippen molar-refractivity contribution in [2.24, 2.45) is 5.92 Å². The lowest BCUT2D eigenvalue weighted by molar-refractivity contribution is 0.0216. The molecule has 1 aromatic rings. The van der Waals surface area contributed by atoms with Crippen LogP contribution in [0, 0.1) is 5.92 Å². The summed E-state index contributed by atoms with van der Waals surface area (Å²) < 4.78 is 11.4. The fourth-order valence-corrected chi connectivity index (χ4v) is 4.12. The third kappa shape index (κ3) is 5.69. The number of nitrogen functional groups attached to an aromatic ring is 1. The number of β-amino-alcohol motifs (C(OH)–C–C–N with tert-alkyl or cyclic N) is 1. The summed E-state index contributed by atoms with van der Waals surface area (Å²) in [7, 11) is 1.96. The molecule has 0 saturated carbocycles. The second-order valence-corrected chi connectivity index (χ2v) is 8.35. The Morgan fingerprint density at radius 3 is 2.83 bits per heavy atom. The van der Waals surface area contributed by atoms with Gasteiger partial charge in [0.15, 0.2) is 11.5 Å². The molecule has 2 atom stereocenters. The summed E-state index contributed by atoms with van der Waals surface area (Å²) in [5.41, 5.74) is 6.56. The number of carbonyl (C=O) groups is 1. The molecule has 0 spiro atoms. The van der Waals surface area contributed by atoms with Gasteiger partial charge in [0.05, 0.1) is 30.6 Å². The molecule has 0 radical (unpaired) electrons. The van der Waals surface area contributed by atoms with Crippen LogP contribution in [0.4, 0.5) is 5.69 Å². The smallest absolute Gasteiger partial charge is 0.255 e. The molecule has 0 bridgehead atoms. The van der Waals surface area contributed by atoms with Gasteiger partial charge in [-0.05, 0) is 52.0 Å². The van der Waals surface area contributed by atoms with Crippen LogP contribution in [0.1, 0.15) is 36.0 Å². The predicted molar refractivity (Wildman–Crippen MR) is 118 cm³/mol. The highest BCUT2D eigenvalue weighted by Crippen LogP contribution is 2.43. The van der Waals surface area contributed by atoms with Crippen molar-refractivity contribution >= 4 is 23.2 Å². The van der Waals surface area contributed by atoms with Gasteiger partial charge in [-0.2, -0.15) is 0 Å². The number of hydrogen-bond acceptors (Lipinski definition) is 7. The number of piperidine rings is 1. The summed E-state index contributed by atoms with van der Waals surface area (Å²) in [6.45, 7) is 4.86. The predicted octanol–water partition coefficient (Wildman–Crippen LogP) is 1.50. The zero-order valence-electron chi connectivity index (χ0n) is 17.6. The largest absolute Gasteiger partial charge is 0.489 e. The molecule has 5 N–H and O–H groups in total. The second kappa shape index (κ2) is 11.0. The van der Waals surface area contributed by atoms with E-state index in [1.165, 1.54) is 6.07 Å². The Labute approximate surface area is 183 Å². The lowest BCUT2D eigenvalue weighted by Crippen LogP contribution is -2.47. The fraction of sp³-hybridized carbons (Fsp3) is 0.667. The molecular formula is C21H33ClN4O4. The van der Waals surface area contributed by atoms with E-state index in [4.69, 9.17) is 26.8 Å². The highest BCUT2D eigenvalue weighted by molar-refractivity contribution is 6.35. The summed E-state index contributed by atoms with van der Waals surface area (Å²) >= 11 is 6.24. The Kier molecular flexibility index (Phi) is 8.44. The molecule has 1 fully saturated rings. The number of halogens is 1. The summed E-state index contributed by atoms with van der Waals surface area (Å²) in [6, 6.07) is 1.52. The lowest BCUT2D eigenvalue weighted by atomic mass is 9.93. The Morgan fingerprint density at radius 2 is 2.10 bits per heavy atom. The average Bonchev–Trinajstić information content (AvgIpc) is 2.99. The van der Waals surface area contributed by atoms with E-state index in [-0.39, 0.29) is 22.5 Å². The fourth-order valence-electron chi connectivity index (χ4n) is 3.93. The number of amides is 1. The second-order valence-electron chi connectivity index (χ2n) is 7.97. The van der Waals surface area contributed by atoms with Gasteiger partial charge >= 0.3 is 0 Å². The molecule has 0 aliphatic carbocycles. The maximum Gasteiger partial charge on any atom is 0.255 e. The Hall–Kier alpha value is -1.74. The van der Waals surface area contributed by atoms with Crippen LogP contribution in [0.3, 0.4) is 0 Å². The first kappa shape index (κ1) is 22.9. The molecule has 8 nitrogen and oxygen atoms in total. The van der Waals surface area contributed by atoms with Crippen molar-refractivity contribution in [3.8, 4) is 11.5 Å². The molecule has 3 rings (SSSR count). The van der Waals surface area contributed by atoms with E-state index in [1.807, 2.05) is 7.05 Å². The first-order valence-corrected chi connectivity index (χ1v) is 11.1. The van der Waals surface area contributed by atoms with Crippen LogP contribution >= 0.6 is 11.6 Å². The van der Waals surface area contributed by atoms with E-state index < -0.39 is 6.10 Å². The Balaban J connectivity index is 1.56. The number of unbranched alkanes of at least 4 members (excludes halogenated alkanes) is 1. The van der Waals surface area contributed by atoms with Gasteiger partial charge in [-0.15, -0.1) is 0 Å². The molecule has 0 aromatic heterocycles. The minimum absolute atomic E-state index is 0.0166. The van der Waals surface area contributed by atoms with Gasteiger partial charge in [0.2, 0.25) is 0 Å². The van der Waals surface area contributed by atoms with Crippen molar-refractivity contribution in [2.75, 3.05) is 58.7 Å². The number of fused-ring (bicyclic) bond motifs is 1. The number of nitrogens with zero attached hydrogens (tertiary/aromatic N) is 1. The molecule has 2 heterocycles. The van der Waals surface area contributed by atoms with Crippen LogP contribution in [-0.2, 0) is 0 Å². The topological polar surface area (TPSA) is 109 Å². The van der Waals surface area contributed by atoms with Gasteiger partial charge in [-0.1, -0.05) is 11.6 Å². The van der Waals surface area contributed by atoms with E-state index in [9.17, 15) is 9.90 Å². The number of aliphatic hydroxyl groups excluding tert-OH is 1. The van der Waals surface area contributed by atoms with Crippen LogP contribution in [-0.4, -0.2) is 75.0 Å². The number of aliphatic hydroxyl groups is 1. The van der Waals surface area contributed by atoms with Crippen molar-refractivity contribution in [3.05, 3.63) is 16.7 Å². The molecule has 30 heavy (non-hydrogen) atoms. The summed E-state index contributed by atoms with van der Waals surface area (Å²) in [5.74, 6) is 0.372. The number of rotatable bonds is 8. The Morgan fingerprint density at radius 1 is 1.33 bits per heavy atom. The van der Waals surface area contributed by atoms with Gasteiger partial charge in [-0.3, -0.25) is 4.79 Å². The molecule has 1 saturated heterocycles. The highest BCUT2D eigenvalue weighted by atomic mass is 35.5. The van der Waals surface area contributed by atoms with Gasteiger partial charge in [-0.25, -0.2) is 0 Å². The van der Waals surface area contributed by atoms with Crippen LogP contribution < -0.4 is 25.8 Å². The van der Waals surface area contributed by atoms with E-state index >= 15 is 0 Å². The number of nitrogens with one attached hydrogen (secondary N) is 2. The maximum absolute atomic E-state index is 12.9. The van der Waals surface area contributed by atoms with Gasteiger partial charge < -0.3 is 35.8 Å². The minimum atomic E-state index is -0.463. The molecule has 0 unspecified atom stereocenters. The van der Waals surface area contributed by atoms with Gasteiger partial charge in [0.1, 0.15) is 5.02 Å². The molecule has 9 heteroatoms. The van der Waals surface area contributed by atoms with Crippen molar-refractivity contribution in [2.45, 2.75) is 31.8 Å². The van der Waals surface area contributed by atoms with Gasteiger partial charge in [0.25, 0.3) is 5.91 Å². The number of benzene rings is 1. The van der Waals surface area contributed by atoms with Gasteiger partial charge in [0, 0.05) is 25.4 Å². The van der Waals surface area contributed by atoms with E-state index in [0.29, 0.717) is 49.8 Å². The average molecular weight is 441 g/mol.